The highest BCUT2D eigenvalue weighted by molar-refractivity contribution is 5.26. The van der Waals surface area contributed by atoms with Gasteiger partial charge in [-0.2, -0.15) is 0 Å². The van der Waals surface area contributed by atoms with E-state index in [1.165, 1.54) is 12.0 Å². The summed E-state index contributed by atoms with van der Waals surface area (Å²) in [6.45, 7) is 0. The van der Waals surface area contributed by atoms with Gasteiger partial charge in [0.1, 0.15) is 0 Å². The number of hydrogen-bond donors (Lipinski definition) is 2. The maximum atomic E-state index is 6.58. The molecule has 0 saturated heterocycles. The van der Waals surface area contributed by atoms with Gasteiger partial charge >= 0.3 is 0 Å². The maximum Gasteiger partial charge on any atom is 0.0302 e. The Balaban J connectivity index is 1.68. The number of nitrogens with two attached hydrogens (primary N) is 2. The molecule has 2 fully saturated rings. The normalized spacial score (nSPS) is 41.2. The smallest absolute Gasteiger partial charge is 0.0302 e. The molecule has 92 valence electrons. The predicted octanol–water partition coefficient (Wildman–Crippen LogP) is 1.78. The molecule has 4 N–H and O–H groups in total. The molecule has 0 amide bonds. The summed E-state index contributed by atoms with van der Waals surface area (Å²) in [4.78, 5) is 4.20. The molecular weight excluding hydrogens is 210 g/mol. The molecule has 0 aromatic carbocycles. The second kappa shape index (κ2) is 4.07. The zero-order valence-electron chi connectivity index (χ0n) is 10.2. The molecule has 2 aliphatic carbocycles. The molecule has 2 atom stereocenters. The molecule has 1 aromatic heterocycles. The Labute approximate surface area is 103 Å². The van der Waals surface area contributed by atoms with E-state index in [2.05, 4.69) is 11.1 Å². The Kier molecular flexibility index (Phi) is 2.68. The lowest BCUT2D eigenvalue weighted by Gasteiger charge is -2.36. The van der Waals surface area contributed by atoms with Crippen LogP contribution in [0.2, 0.25) is 0 Å². The van der Waals surface area contributed by atoms with Gasteiger partial charge in [0, 0.05) is 24.0 Å². The van der Waals surface area contributed by atoms with E-state index >= 15 is 0 Å². The van der Waals surface area contributed by atoms with Gasteiger partial charge in [0.25, 0.3) is 0 Å². The van der Waals surface area contributed by atoms with E-state index in [4.69, 9.17) is 11.5 Å². The first-order valence-corrected chi connectivity index (χ1v) is 6.63. The molecule has 3 heteroatoms. The van der Waals surface area contributed by atoms with E-state index in [0.717, 1.165) is 25.7 Å². The van der Waals surface area contributed by atoms with Crippen molar-refractivity contribution in [1.29, 1.82) is 0 Å². The summed E-state index contributed by atoms with van der Waals surface area (Å²) in [6.07, 6.45) is 9.42. The minimum Gasteiger partial charge on any atom is -0.328 e. The number of pyridine rings is 1. The van der Waals surface area contributed by atoms with Gasteiger partial charge in [-0.1, -0.05) is 6.07 Å². The Morgan fingerprint density at radius 3 is 2.71 bits per heavy atom. The van der Waals surface area contributed by atoms with Crippen LogP contribution in [0.1, 0.15) is 43.6 Å². The largest absolute Gasteiger partial charge is 0.328 e. The molecule has 0 spiro atoms. The van der Waals surface area contributed by atoms with Crippen molar-refractivity contribution in [2.45, 2.75) is 49.6 Å². The zero-order chi connectivity index (χ0) is 11.9. The van der Waals surface area contributed by atoms with Gasteiger partial charge in [-0.25, -0.2) is 0 Å². The van der Waals surface area contributed by atoms with Gasteiger partial charge in [0.2, 0.25) is 0 Å². The average molecular weight is 231 g/mol. The van der Waals surface area contributed by atoms with Crippen molar-refractivity contribution in [3.05, 3.63) is 30.1 Å². The van der Waals surface area contributed by atoms with Gasteiger partial charge in [-0.05, 0) is 55.6 Å². The summed E-state index contributed by atoms with van der Waals surface area (Å²) < 4.78 is 0. The fourth-order valence-electron chi connectivity index (χ4n) is 3.34. The van der Waals surface area contributed by atoms with Crippen molar-refractivity contribution in [3.63, 3.8) is 0 Å². The van der Waals surface area contributed by atoms with Crippen LogP contribution in [-0.4, -0.2) is 16.6 Å². The minimum absolute atomic E-state index is 0.0381. The molecule has 2 aliphatic rings. The molecule has 1 aromatic rings. The number of rotatable bonds is 2. The fraction of sp³-hybridized carbons (Fsp3) is 0.643. The minimum atomic E-state index is 0.0381. The molecule has 2 saturated carbocycles. The third-order valence-corrected chi connectivity index (χ3v) is 4.60. The van der Waals surface area contributed by atoms with Crippen LogP contribution in [0.5, 0.6) is 0 Å². The van der Waals surface area contributed by atoms with E-state index < -0.39 is 0 Å². The quantitative estimate of drug-likeness (QED) is 0.815. The number of hydrogen-bond acceptors (Lipinski definition) is 3. The summed E-state index contributed by atoms with van der Waals surface area (Å²) >= 11 is 0. The van der Waals surface area contributed by atoms with Crippen LogP contribution in [-0.2, 0) is 0 Å². The predicted molar refractivity (Wildman–Crippen MR) is 68.4 cm³/mol. The van der Waals surface area contributed by atoms with Crippen molar-refractivity contribution >= 4 is 0 Å². The highest BCUT2D eigenvalue weighted by Crippen LogP contribution is 2.55. The second-order valence-corrected chi connectivity index (χ2v) is 5.81. The summed E-state index contributed by atoms with van der Waals surface area (Å²) in [5.41, 5.74) is 13.9. The van der Waals surface area contributed by atoms with Gasteiger partial charge in [-0.3, -0.25) is 4.98 Å². The van der Waals surface area contributed by atoms with Crippen LogP contribution >= 0.6 is 0 Å². The summed E-state index contributed by atoms with van der Waals surface area (Å²) in [5.74, 6) is 1.29. The highest BCUT2D eigenvalue weighted by atomic mass is 14.8. The van der Waals surface area contributed by atoms with Crippen LogP contribution in [0.15, 0.2) is 24.5 Å². The standard InChI is InChI=1S/C14H21N3/c15-11-3-5-14(16,6-4-11)13-8-12(13)10-2-1-7-17-9-10/h1-2,7,9,11-13H,3-6,8,15-16H2/t11?,12-,13-,14?/m0/s1. The van der Waals surface area contributed by atoms with E-state index in [0.29, 0.717) is 17.9 Å². The third-order valence-electron chi connectivity index (χ3n) is 4.60. The molecule has 0 radical (unpaired) electrons. The van der Waals surface area contributed by atoms with Crippen molar-refractivity contribution in [3.8, 4) is 0 Å². The Bertz CT molecular complexity index is 382. The molecule has 0 unspecified atom stereocenters. The van der Waals surface area contributed by atoms with E-state index in [9.17, 15) is 0 Å². The van der Waals surface area contributed by atoms with Crippen LogP contribution < -0.4 is 11.5 Å². The fourth-order valence-corrected chi connectivity index (χ4v) is 3.34. The molecule has 0 aliphatic heterocycles. The molecule has 0 bridgehead atoms. The topological polar surface area (TPSA) is 64.9 Å². The number of nitrogens with zero attached hydrogens (tertiary/aromatic N) is 1. The zero-order valence-corrected chi connectivity index (χ0v) is 10.2. The Morgan fingerprint density at radius 1 is 1.29 bits per heavy atom. The lowest BCUT2D eigenvalue weighted by Crippen LogP contribution is -2.48. The molecule has 1 heterocycles. The second-order valence-electron chi connectivity index (χ2n) is 5.81. The monoisotopic (exact) mass is 231 g/mol. The summed E-state index contributed by atoms with van der Waals surface area (Å²) in [5, 5.41) is 0. The van der Waals surface area contributed by atoms with Crippen LogP contribution in [0.25, 0.3) is 0 Å². The van der Waals surface area contributed by atoms with Gasteiger partial charge in [-0.15, -0.1) is 0 Å². The van der Waals surface area contributed by atoms with Crippen LogP contribution in [0.4, 0.5) is 0 Å². The molecule has 3 nitrogen and oxygen atoms in total. The first-order chi connectivity index (χ1) is 8.19. The lowest BCUT2D eigenvalue weighted by molar-refractivity contribution is 0.239. The molecule has 3 rings (SSSR count). The highest BCUT2D eigenvalue weighted by Gasteiger charge is 2.51. The van der Waals surface area contributed by atoms with Crippen LogP contribution in [0.3, 0.4) is 0 Å². The van der Waals surface area contributed by atoms with Gasteiger partial charge in [0.05, 0.1) is 0 Å². The van der Waals surface area contributed by atoms with Gasteiger partial charge in [0.15, 0.2) is 0 Å². The first kappa shape index (κ1) is 11.2. The Morgan fingerprint density at radius 2 is 2.06 bits per heavy atom. The molecular formula is C14H21N3. The van der Waals surface area contributed by atoms with E-state index in [-0.39, 0.29) is 5.54 Å². The summed E-state index contributed by atoms with van der Waals surface area (Å²) in [6, 6.07) is 4.57. The maximum absolute atomic E-state index is 6.58. The van der Waals surface area contributed by atoms with Gasteiger partial charge < -0.3 is 11.5 Å². The van der Waals surface area contributed by atoms with Crippen molar-refractivity contribution in [2.24, 2.45) is 17.4 Å². The van der Waals surface area contributed by atoms with Crippen molar-refractivity contribution in [1.82, 2.24) is 4.98 Å². The van der Waals surface area contributed by atoms with E-state index in [1.807, 2.05) is 18.5 Å². The van der Waals surface area contributed by atoms with Crippen molar-refractivity contribution in [2.75, 3.05) is 0 Å². The SMILES string of the molecule is NC1CCC(N)([C@H]2C[C@H]2c2cccnc2)CC1. The lowest BCUT2D eigenvalue weighted by atomic mass is 9.76. The van der Waals surface area contributed by atoms with Crippen molar-refractivity contribution < 1.29 is 0 Å². The average Bonchev–Trinajstić information content (AvgIpc) is 3.15. The number of aromatic nitrogens is 1. The molecule has 17 heavy (non-hydrogen) atoms. The summed E-state index contributed by atoms with van der Waals surface area (Å²) in [7, 11) is 0. The Hall–Kier alpha value is -0.930. The first-order valence-electron chi connectivity index (χ1n) is 6.63. The van der Waals surface area contributed by atoms with E-state index in [1.54, 1.807) is 0 Å². The van der Waals surface area contributed by atoms with Crippen LogP contribution in [0, 0.1) is 5.92 Å². The third kappa shape index (κ3) is 2.09.